The fraction of sp³-hybridized carbons (Fsp3) is 0.161. The number of halogens is 1. The Morgan fingerprint density at radius 1 is 0.865 bits per heavy atom. The molecule has 4 aromatic carbocycles. The van der Waals surface area contributed by atoms with E-state index in [2.05, 4.69) is 5.32 Å². The summed E-state index contributed by atoms with van der Waals surface area (Å²) in [7, 11) is 1.57. The Morgan fingerprint density at radius 3 is 2.16 bits per heavy atom. The molecule has 37 heavy (non-hydrogen) atoms. The first-order valence-electron chi connectivity index (χ1n) is 12.0. The van der Waals surface area contributed by atoms with E-state index in [1.165, 1.54) is 12.1 Å². The van der Waals surface area contributed by atoms with E-state index in [1.807, 2.05) is 61.5 Å². The Morgan fingerprint density at radius 2 is 1.51 bits per heavy atom. The van der Waals surface area contributed by atoms with Crippen LogP contribution in [-0.2, 0) is 22.6 Å². The van der Waals surface area contributed by atoms with Crippen molar-refractivity contribution in [1.82, 2.24) is 4.90 Å². The van der Waals surface area contributed by atoms with Crippen LogP contribution in [0.15, 0.2) is 103 Å². The van der Waals surface area contributed by atoms with E-state index in [1.54, 1.807) is 48.4 Å². The van der Waals surface area contributed by atoms with Crippen molar-refractivity contribution in [2.24, 2.45) is 0 Å². The largest absolute Gasteiger partial charge is 0.497 e. The molecule has 0 aromatic heterocycles. The number of nitrogens with one attached hydrogen (secondary N) is 1. The number of carbonyl (C=O) groups excluding carboxylic acids is 2. The van der Waals surface area contributed by atoms with E-state index in [-0.39, 0.29) is 18.9 Å². The van der Waals surface area contributed by atoms with Crippen LogP contribution >= 0.6 is 0 Å². The van der Waals surface area contributed by atoms with Gasteiger partial charge in [-0.15, -0.1) is 0 Å². The van der Waals surface area contributed by atoms with Gasteiger partial charge in [0.25, 0.3) is 5.91 Å². The number of benzene rings is 4. The molecule has 0 bridgehead atoms. The van der Waals surface area contributed by atoms with Gasteiger partial charge in [0.1, 0.15) is 17.6 Å². The van der Waals surface area contributed by atoms with Gasteiger partial charge in [-0.25, -0.2) is 4.39 Å². The number of hydrogen-bond donors (Lipinski definition) is 1. The average Bonchev–Trinajstić information content (AvgIpc) is 2.91. The number of amides is 2. The van der Waals surface area contributed by atoms with Crippen LogP contribution in [0.25, 0.3) is 0 Å². The van der Waals surface area contributed by atoms with E-state index in [4.69, 9.17) is 4.74 Å². The van der Waals surface area contributed by atoms with Crippen molar-refractivity contribution >= 4 is 17.5 Å². The lowest BCUT2D eigenvalue weighted by Gasteiger charge is -2.32. The molecule has 6 heteroatoms. The number of rotatable bonds is 9. The van der Waals surface area contributed by atoms with Crippen LogP contribution in [0.2, 0.25) is 0 Å². The zero-order valence-corrected chi connectivity index (χ0v) is 20.9. The summed E-state index contributed by atoms with van der Waals surface area (Å²) in [5.41, 5.74) is 3.85. The number of nitrogens with zero attached hydrogens (tertiary/aromatic N) is 1. The van der Waals surface area contributed by atoms with Gasteiger partial charge in [-0.2, -0.15) is 0 Å². The highest BCUT2D eigenvalue weighted by Gasteiger charge is 2.32. The number of anilines is 1. The lowest BCUT2D eigenvalue weighted by atomic mass is 10.00. The highest BCUT2D eigenvalue weighted by Crippen LogP contribution is 2.28. The van der Waals surface area contributed by atoms with Crippen LogP contribution in [0.4, 0.5) is 10.1 Å². The van der Waals surface area contributed by atoms with Crippen molar-refractivity contribution in [2.75, 3.05) is 12.4 Å². The first kappa shape index (κ1) is 25.6. The van der Waals surface area contributed by atoms with Gasteiger partial charge in [0.05, 0.1) is 13.5 Å². The molecule has 0 saturated carbocycles. The Balaban J connectivity index is 1.74. The molecular formula is C31H29FN2O3. The molecule has 1 unspecified atom stereocenters. The van der Waals surface area contributed by atoms with Crippen LogP contribution in [0, 0.1) is 12.7 Å². The maximum atomic E-state index is 13.8. The van der Waals surface area contributed by atoms with Gasteiger partial charge in [-0.1, -0.05) is 66.7 Å². The van der Waals surface area contributed by atoms with E-state index in [0.29, 0.717) is 17.0 Å². The van der Waals surface area contributed by atoms with Gasteiger partial charge >= 0.3 is 0 Å². The summed E-state index contributed by atoms with van der Waals surface area (Å²) in [6.45, 7) is 2.19. The van der Waals surface area contributed by atoms with E-state index >= 15 is 0 Å². The summed E-state index contributed by atoms with van der Waals surface area (Å²) in [5.74, 6) is -0.369. The molecule has 0 heterocycles. The lowest BCUT2D eigenvalue weighted by molar-refractivity contribution is -0.139. The van der Waals surface area contributed by atoms with Gasteiger partial charge in [-0.05, 0) is 65.6 Å². The summed E-state index contributed by atoms with van der Waals surface area (Å²) < 4.78 is 19.0. The highest BCUT2D eigenvalue weighted by atomic mass is 19.1. The van der Waals surface area contributed by atoms with Gasteiger partial charge in [0.15, 0.2) is 0 Å². The standard InChI is InChI=1S/C31H29FN2O3/c1-22-8-6-7-11-25(22)21-34(29(35)20-23-9-4-3-5-10-23)30(24-12-14-26(32)15-13-24)31(36)33-27-16-18-28(37-2)19-17-27/h3-19,30H,20-21H2,1-2H3,(H,33,36). The summed E-state index contributed by atoms with van der Waals surface area (Å²) in [6, 6.07) is 28.8. The number of methoxy groups -OCH3 is 1. The number of carbonyl (C=O) groups is 2. The molecule has 1 atom stereocenters. The lowest BCUT2D eigenvalue weighted by Crippen LogP contribution is -2.41. The summed E-state index contributed by atoms with van der Waals surface area (Å²) in [6.07, 6.45) is 0.125. The van der Waals surface area contributed by atoms with E-state index in [0.717, 1.165) is 16.7 Å². The van der Waals surface area contributed by atoms with Crippen LogP contribution < -0.4 is 10.1 Å². The minimum Gasteiger partial charge on any atom is -0.497 e. The third-order valence-electron chi connectivity index (χ3n) is 6.22. The smallest absolute Gasteiger partial charge is 0.251 e. The van der Waals surface area contributed by atoms with Crippen molar-refractivity contribution in [2.45, 2.75) is 25.9 Å². The first-order chi connectivity index (χ1) is 17.9. The average molecular weight is 497 g/mol. The highest BCUT2D eigenvalue weighted by molar-refractivity contribution is 5.98. The molecular weight excluding hydrogens is 467 g/mol. The van der Waals surface area contributed by atoms with Crippen LogP contribution in [-0.4, -0.2) is 23.8 Å². The van der Waals surface area contributed by atoms with Crippen molar-refractivity contribution < 1.29 is 18.7 Å². The second kappa shape index (κ2) is 12.0. The Hall–Kier alpha value is -4.45. The molecule has 0 aliphatic heterocycles. The fourth-order valence-electron chi connectivity index (χ4n) is 4.17. The normalized spacial score (nSPS) is 11.4. The van der Waals surface area contributed by atoms with Gasteiger partial charge in [0.2, 0.25) is 5.91 Å². The van der Waals surface area contributed by atoms with Crippen LogP contribution in [0.3, 0.4) is 0 Å². The molecule has 5 nitrogen and oxygen atoms in total. The number of aryl methyl sites for hydroxylation is 1. The molecule has 0 saturated heterocycles. The number of hydrogen-bond acceptors (Lipinski definition) is 3. The minimum atomic E-state index is -0.987. The molecule has 0 aliphatic rings. The predicted molar refractivity (Wildman–Crippen MR) is 143 cm³/mol. The second-order valence-electron chi connectivity index (χ2n) is 8.78. The third kappa shape index (κ3) is 6.61. The third-order valence-corrected chi connectivity index (χ3v) is 6.22. The zero-order chi connectivity index (χ0) is 26.2. The van der Waals surface area contributed by atoms with Gasteiger partial charge < -0.3 is 15.0 Å². The predicted octanol–water partition coefficient (Wildman–Crippen LogP) is 6.09. The Bertz CT molecular complexity index is 1340. The topological polar surface area (TPSA) is 58.6 Å². The molecule has 4 aromatic rings. The summed E-state index contributed by atoms with van der Waals surface area (Å²) in [4.78, 5) is 29.2. The minimum absolute atomic E-state index is 0.125. The fourth-order valence-corrected chi connectivity index (χ4v) is 4.17. The maximum Gasteiger partial charge on any atom is 0.251 e. The quantitative estimate of drug-likeness (QED) is 0.305. The zero-order valence-electron chi connectivity index (χ0n) is 20.9. The number of ether oxygens (including phenoxy) is 1. The molecule has 4 rings (SSSR count). The van der Waals surface area contributed by atoms with Crippen LogP contribution in [0.1, 0.15) is 28.3 Å². The van der Waals surface area contributed by atoms with Gasteiger partial charge in [-0.3, -0.25) is 9.59 Å². The molecule has 2 amide bonds. The molecule has 0 aliphatic carbocycles. The molecule has 0 fully saturated rings. The van der Waals surface area contributed by atoms with E-state index in [9.17, 15) is 14.0 Å². The SMILES string of the molecule is COc1ccc(NC(=O)C(c2ccc(F)cc2)N(Cc2ccccc2C)C(=O)Cc2ccccc2)cc1. The van der Waals surface area contributed by atoms with Crippen molar-refractivity contribution in [3.05, 3.63) is 131 Å². The van der Waals surface area contributed by atoms with Crippen molar-refractivity contribution in [1.29, 1.82) is 0 Å². The van der Waals surface area contributed by atoms with Crippen LogP contribution in [0.5, 0.6) is 5.75 Å². The molecule has 188 valence electrons. The van der Waals surface area contributed by atoms with E-state index < -0.39 is 17.8 Å². The Labute approximate surface area is 216 Å². The molecule has 0 spiro atoms. The van der Waals surface area contributed by atoms with Gasteiger partial charge in [0, 0.05) is 12.2 Å². The summed E-state index contributed by atoms with van der Waals surface area (Å²) >= 11 is 0. The molecule has 1 N–H and O–H groups in total. The summed E-state index contributed by atoms with van der Waals surface area (Å²) in [5, 5.41) is 2.92. The first-order valence-corrected chi connectivity index (χ1v) is 12.0. The Kier molecular flexibility index (Phi) is 8.31. The van der Waals surface area contributed by atoms with Crippen molar-refractivity contribution in [3.8, 4) is 5.75 Å². The maximum absolute atomic E-state index is 13.8. The monoisotopic (exact) mass is 496 g/mol. The molecule has 0 radical (unpaired) electrons. The van der Waals surface area contributed by atoms with Crippen molar-refractivity contribution in [3.63, 3.8) is 0 Å². The second-order valence-corrected chi connectivity index (χ2v) is 8.78.